The third-order valence-electron chi connectivity index (χ3n) is 4.15. The van der Waals surface area contributed by atoms with Crippen molar-refractivity contribution in [2.45, 2.75) is 32.7 Å². The van der Waals surface area contributed by atoms with Gasteiger partial charge in [-0.15, -0.1) is 0 Å². The minimum Gasteiger partial charge on any atom is -0.324 e. The van der Waals surface area contributed by atoms with E-state index >= 15 is 0 Å². The molecule has 4 heteroatoms. The maximum atomic E-state index is 13.5. The Morgan fingerprint density at radius 3 is 2.54 bits per heavy atom. The summed E-state index contributed by atoms with van der Waals surface area (Å²) in [5.74, 6) is -1.86. The largest absolute Gasteiger partial charge is 0.324 e. The molecule has 0 bridgehead atoms. The van der Waals surface area contributed by atoms with Gasteiger partial charge in [0.1, 0.15) is 5.82 Å². The summed E-state index contributed by atoms with van der Waals surface area (Å²) >= 11 is 0. The number of hydrogen-bond acceptors (Lipinski definition) is 1. The van der Waals surface area contributed by atoms with Gasteiger partial charge in [0, 0.05) is 13.0 Å². The van der Waals surface area contributed by atoms with Crippen LogP contribution in [0, 0.1) is 6.92 Å². The molecule has 0 saturated heterocycles. The molecule has 3 rings (SSSR count). The van der Waals surface area contributed by atoms with Crippen LogP contribution in [-0.4, -0.2) is 15.5 Å². The first-order valence-electron chi connectivity index (χ1n) is 7.91. The van der Waals surface area contributed by atoms with Crippen molar-refractivity contribution < 1.29 is 8.78 Å². The van der Waals surface area contributed by atoms with E-state index in [2.05, 4.69) is 16.1 Å². The van der Waals surface area contributed by atoms with Crippen molar-refractivity contribution >= 4 is 17.1 Å². The maximum Gasteiger partial charge on any atom is 0.249 e. The van der Waals surface area contributed by atoms with Crippen LogP contribution in [-0.2, 0) is 13.0 Å². The molecule has 0 fully saturated rings. The number of imidazole rings is 1. The Balaban J connectivity index is 2.02. The molecule has 0 radical (unpaired) electrons. The minimum atomic E-state index is -2.72. The smallest absolute Gasteiger partial charge is 0.249 e. The van der Waals surface area contributed by atoms with Gasteiger partial charge in [-0.2, -0.15) is 0 Å². The summed E-state index contributed by atoms with van der Waals surface area (Å²) in [6, 6.07) is 13.3. The molecule has 0 amide bonds. The molecule has 0 aliphatic rings. The lowest BCUT2D eigenvalue weighted by molar-refractivity contribution is 0.0224. The van der Waals surface area contributed by atoms with Gasteiger partial charge in [-0.25, -0.2) is 13.8 Å². The SMILES string of the molecule is C=Cc1ccc2c(c1)nc(C)n2Cc1ccccc1CC(C)(F)F. The molecule has 1 heterocycles. The van der Waals surface area contributed by atoms with E-state index in [1.807, 2.05) is 37.3 Å². The van der Waals surface area contributed by atoms with Crippen molar-refractivity contribution in [3.63, 3.8) is 0 Å². The van der Waals surface area contributed by atoms with Crippen molar-refractivity contribution in [3.8, 4) is 0 Å². The lowest BCUT2D eigenvalue weighted by atomic mass is 10.0. The number of rotatable bonds is 5. The van der Waals surface area contributed by atoms with Gasteiger partial charge in [-0.3, -0.25) is 0 Å². The van der Waals surface area contributed by atoms with E-state index in [1.54, 1.807) is 18.2 Å². The second kappa shape index (κ2) is 6.19. The summed E-state index contributed by atoms with van der Waals surface area (Å²) in [4.78, 5) is 4.59. The molecule has 0 saturated carbocycles. The monoisotopic (exact) mass is 326 g/mol. The fraction of sp³-hybridized carbons (Fsp3) is 0.250. The molecular weight excluding hydrogens is 306 g/mol. The van der Waals surface area contributed by atoms with Crippen molar-refractivity contribution in [2.75, 3.05) is 0 Å². The van der Waals surface area contributed by atoms with Crippen LogP contribution in [0.1, 0.15) is 29.4 Å². The summed E-state index contributed by atoms with van der Waals surface area (Å²) in [6.45, 7) is 7.20. The molecule has 0 N–H and O–H groups in total. The van der Waals surface area contributed by atoms with E-state index in [0.29, 0.717) is 12.1 Å². The average Bonchev–Trinajstić information content (AvgIpc) is 2.82. The topological polar surface area (TPSA) is 17.8 Å². The van der Waals surface area contributed by atoms with Gasteiger partial charge in [-0.05, 0) is 42.7 Å². The summed E-state index contributed by atoms with van der Waals surface area (Å²) in [6.07, 6.45) is 1.53. The Kier molecular flexibility index (Phi) is 4.22. The molecule has 1 aromatic heterocycles. The summed E-state index contributed by atoms with van der Waals surface area (Å²) in [5.41, 5.74) is 4.47. The Morgan fingerprint density at radius 2 is 1.88 bits per heavy atom. The van der Waals surface area contributed by atoms with Crippen LogP contribution in [0.5, 0.6) is 0 Å². The highest BCUT2D eigenvalue weighted by molar-refractivity contribution is 5.79. The van der Waals surface area contributed by atoms with Gasteiger partial charge in [0.15, 0.2) is 0 Å². The van der Waals surface area contributed by atoms with E-state index < -0.39 is 5.92 Å². The molecule has 0 spiro atoms. The number of aromatic nitrogens is 2. The zero-order chi connectivity index (χ0) is 17.3. The van der Waals surface area contributed by atoms with Crippen molar-refractivity contribution in [1.82, 2.24) is 9.55 Å². The van der Waals surface area contributed by atoms with E-state index in [4.69, 9.17) is 0 Å². The van der Waals surface area contributed by atoms with Crippen LogP contribution in [0.25, 0.3) is 17.1 Å². The molecule has 124 valence electrons. The van der Waals surface area contributed by atoms with Crippen LogP contribution in [0.2, 0.25) is 0 Å². The molecule has 2 nitrogen and oxygen atoms in total. The first kappa shape index (κ1) is 16.4. The Hall–Kier alpha value is -2.49. The maximum absolute atomic E-state index is 13.5. The van der Waals surface area contributed by atoms with Gasteiger partial charge in [-0.1, -0.05) is 43.0 Å². The van der Waals surface area contributed by atoms with Crippen LogP contribution >= 0.6 is 0 Å². The number of aryl methyl sites for hydroxylation is 1. The molecule has 24 heavy (non-hydrogen) atoms. The number of hydrogen-bond donors (Lipinski definition) is 0. The predicted molar refractivity (Wildman–Crippen MR) is 94.4 cm³/mol. The lowest BCUT2D eigenvalue weighted by Crippen LogP contribution is -2.16. The van der Waals surface area contributed by atoms with Crippen LogP contribution < -0.4 is 0 Å². The molecule has 0 aliphatic carbocycles. The summed E-state index contributed by atoms with van der Waals surface area (Å²) in [5, 5.41) is 0. The number of nitrogens with zero attached hydrogens (tertiary/aromatic N) is 2. The summed E-state index contributed by atoms with van der Waals surface area (Å²) < 4.78 is 29.0. The van der Waals surface area contributed by atoms with Gasteiger partial charge < -0.3 is 4.57 Å². The number of halogens is 2. The van der Waals surface area contributed by atoms with Gasteiger partial charge in [0.05, 0.1) is 11.0 Å². The van der Waals surface area contributed by atoms with Crippen LogP contribution in [0.15, 0.2) is 49.0 Å². The van der Waals surface area contributed by atoms with Gasteiger partial charge in [0.2, 0.25) is 5.92 Å². The van der Waals surface area contributed by atoms with E-state index in [-0.39, 0.29) is 6.42 Å². The predicted octanol–water partition coefficient (Wildman–Crippen LogP) is 5.23. The molecule has 0 aliphatic heterocycles. The molecule has 3 aromatic rings. The van der Waals surface area contributed by atoms with Crippen molar-refractivity contribution in [1.29, 1.82) is 0 Å². The quantitative estimate of drug-likeness (QED) is 0.627. The Bertz CT molecular complexity index is 888. The highest BCUT2D eigenvalue weighted by Crippen LogP contribution is 2.24. The molecule has 0 unspecified atom stereocenters. The van der Waals surface area contributed by atoms with Crippen LogP contribution in [0.4, 0.5) is 8.78 Å². The number of alkyl halides is 2. The second-order valence-corrected chi connectivity index (χ2v) is 6.21. The normalized spacial score (nSPS) is 11.8. The summed E-state index contributed by atoms with van der Waals surface area (Å²) in [7, 11) is 0. The second-order valence-electron chi connectivity index (χ2n) is 6.21. The third-order valence-corrected chi connectivity index (χ3v) is 4.15. The molecule has 2 aromatic carbocycles. The average molecular weight is 326 g/mol. The Morgan fingerprint density at radius 1 is 1.17 bits per heavy atom. The van der Waals surface area contributed by atoms with Gasteiger partial charge >= 0.3 is 0 Å². The minimum absolute atomic E-state index is 0.255. The highest BCUT2D eigenvalue weighted by Gasteiger charge is 2.23. The lowest BCUT2D eigenvalue weighted by Gasteiger charge is -2.15. The third kappa shape index (κ3) is 3.37. The van der Waals surface area contributed by atoms with E-state index in [1.165, 1.54) is 0 Å². The molecule has 0 atom stereocenters. The Labute approximate surface area is 140 Å². The first-order valence-corrected chi connectivity index (χ1v) is 7.91. The zero-order valence-electron chi connectivity index (χ0n) is 13.9. The van der Waals surface area contributed by atoms with Gasteiger partial charge in [0.25, 0.3) is 0 Å². The van der Waals surface area contributed by atoms with Crippen molar-refractivity contribution in [3.05, 3.63) is 71.6 Å². The first-order chi connectivity index (χ1) is 11.4. The molecular formula is C20H20F2N2. The standard InChI is InChI=1S/C20H20F2N2/c1-4-15-9-10-19-18(11-15)23-14(2)24(19)13-17-8-6-5-7-16(17)12-20(3,21)22/h4-11H,1,12-13H2,2-3H3. The fourth-order valence-electron chi connectivity index (χ4n) is 2.98. The van der Waals surface area contributed by atoms with E-state index in [0.717, 1.165) is 34.9 Å². The highest BCUT2D eigenvalue weighted by atomic mass is 19.3. The fourth-order valence-corrected chi connectivity index (χ4v) is 2.98. The zero-order valence-corrected chi connectivity index (χ0v) is 13.9. The van der Waals surface area contributed by atoms with Crippen molar-refractivity contribution in [2.24, 2.45) is 0 Å². The van der Waals surface area contributed by atoms with E-state index in [9.17, 15) is 8.78 Å². The van der Waals surface area contributed by atoms with Crippen LogP contribution in [0.3, 0.4) is 0 Å². The number of benzene rings is 2. The number of fused-ring (bicyclic) bond motifs is 1.